The average molecular weight is 832 g/mol. The normalized spacial score (nSPS) is 31.7. The van der Waals surface area contributed by atoms with E-state index in [4.69, 9.17) is 9.47 Å². The molecule has 4 aliphatic rings. The molecule has 58 heavy (non-hydrogen) atoms. The van der Waals surface area contributed by atoms with Crippen molar-refractivity contribution in [3.63, 3.8) is 0 Å². The minimum Gasteiger partial charge on any atom is -0.492 e. The first kappa shape index (κ1) is 43.0. The van der Waals surface area contributed by atoms with Gasteiger partial charge in [-0.25, -0.2) is 18.2 Å². The molecule has 2 saturated carbocycles. The average Bonchev–Trinajstić information content (AvgIpc) is 4.07. The Morgan fingerprint density at radius 1 is 1.12 bits per heavy atom. The second-order valence-electron chi connectivity index (χ2n) is 17.1. The van der Waals surface area contributed by atoms with Crippen LogP contribution < -0.4 is 19.5 Å². The number of amides is 4. The van der Waals surface area contributed by atoms with E-state index in [0.29, 0.717) is 55.2 Å². The predicted molar refractivity (Wildman–Crippen MR) is 211 cm³/mol. The summed E-state index contributed by atoms with van der Waals surface area (Å²) in [5.74, 6) is -4.82. The number of carboxylic acid groups (broad SMARTS) is 1. The lowest BCUT2D eigenvalue weighted by molar-refractivity contribution is -0.219. The summed E-state index contributed by atoms with van der Waals surface area (Å²) in [6, 6.07) is -1.96. The number of hydrogen-bond donors (Lipinski definition) is 3. The van der Waals surface area contributed by atoms with Gasteiger partial charge in [0.05, 0.1) is 17.6 Å². The highest BCUT2D eigenvalue weighted by Crippen LogP contribution is 2.51. The SMILES string of the molecule is CCOc1cnc(O[C@]2(C)C[C@H]3C(=O)N[C@]4(C(=O)NS(=O)(=O)C5(C)CC5)C[C@H]4/C=C\CC[C@@H](C)C[C@@H](C)[C@H](N(C(=O)O)C(C)CC)C(=O)N3C2(F)F)c2ccccc12. The number of carbonyl (C=O) groups excluding carboxylic acids is 3. The summed E-state index contributed by atoms with van der Waals surface area (Å²) < 4.78 is 74.6. The highest BCUT2D eigenvalue weighted by atomic mass is 32.2. The van der Waals surface area contributed by atoms with Gasteiger partial charge < -0.3 is 19.9 Å². The van der Waals surface area contributed by atoms with E-state index in [1.54, 1.807) is 58.0 Å². The Hall–Kier alpha value is -4.54. The summed E-state index contributed by atoms with van der Waals surface area (Å²) >= 11 is 0. The van der Waals surface area contributed by atoms with Crippen molar-refractivity contribution in [3.8, 4) is 11.6 Å². The van der Waals surface area contributed by atoms with E-state index in [-0.39, 0.29) is 29.5 Å². The van der Waals surface area contributed by atoms with Gasteiger partial charge in [-0.3, -0.25) is 28.9 Å². The number of ether oxygens (including phenoxy) is 2. The third-order valence-corrected chi connectivity index (χ3v) is 14.8. The van der Waals surface area contributed by atoms with Crippen molar-refractivity contribution in [1.29, 1.82) is 0 Å². The van der Waals surface area contributed by atoms with Gasteiger partial charge in [0.15, 0.2) is 5.60 Å². The van der Waals surface area contributed by atoms with Crippen LogP contribution in [0.3, 0.4) is 0 Å². The summed E-state index contributed by atoms with van der Waals surface area (Å²) in [4.78, 5) is 62.1. The summed E-state index contributed by atoms with van der Waals surface area (Å²) in [7, 11) is -4.16. The van der Waals surface area contributed by atoms with Crippen LogP contribution in [-0.4, -0.2) is 98.8 Å². The third-order valence-electron chi connectivity index (χ3n) is 12.7. The minimum absolute atomic E-state index is 0.0176. The molecule has 17 heteroatoms. The highest BCUT2D eigenvalue weighted by molar-refractivity contribution is 7.91. The number of fused-ring (bicyclic) bond motifs is 3. The van der Waals surface area contributed by atoms with Gasteiger partial charge in [-0.2, -0.15) is 8.78 Å². The van der Waals surface area contributed by atoms with Crippen LogP contribution in [0.4, 0.5) is 13.6 Å². The molecule has 0 bridgehead atoms. The van der Waals surface area contributed by atoms with E-state index in [1.165, 1.54) is 13.1 Å². The number of hydrogen-bond acceptors (Lipinski definition) is 9. The lowest BCUT2D eigenvalue weighted by Gasteiger charge is -2.42. The van der Waals surface area contributed by atoms with Crippen molar-refractivity contribution >= 4 is 44.6 Å². The van der Waals surface area contributed by atoms with Crippen LogP contribution in [0.2, 0.25) is 0 Å². The van der Waals surface area contributed by atoms with Crippen LogP contribution >= 0.6 is 0 Å². The van der Waals surface area contributed by atoms with E-state index >= 15 is 13.6 Å². The van der Waals surface area contributed by atoms with Gasteiger partial charge in [0.25, 0.3) is 11.8 Å². The number of benzene rings is 1. The molecule has 4 amide bonds. The van der Waals surface area contributed by atoms with E-state index in [2.05, 4.69) is 15.0 Å². The van der Waals surface area contributed by atoms with Crippen LogP contribution in [-0.2, 0) is 24.4 Å². The Balaban J connectivity index is 1.48. The minimum atomic E-state index is -4.27. The van der Waals surface area contributed by atoms with Crippen LogP contribution in [0.5, 0.6) is 11.6 Å². The molecule has 0 radical (unpaired) electrons. The molecule has 318 valence electrons. The molecule has 1 unspecified atom stereocenters. The Labute approximate surface area is 338 Å². The molecule has 1 saturated heterocycles. The summed E-state index contributed by atoms with van der Waals surface area (Å²) in [6.45, 7) is 11.5. The number of allylic oxidation sites excluding steroid dienone is 1. The molecule has 14 nitrogen and oxygen atoms in total. The van der Waals surface area contributed by atoms with Crippen LogP contribution in [0.25, 0.3) is 10.8 Å². The molecule has 6 rings (SSSR count). The summed E-state index contributed by atoms with van der Waals surface area (Å²) in [6.07, 6.45) is 4.94. The van der Waals surface area contributed by atoms with E-state index < -0.39 is 92.2 Å². The smallest absolute Gasteiger partial charge is 0.408 e. The Morgan fingerprint density at radius 2 is 1.79 bits per heavy atom. The Morgan fingerprint density at radius 3 is 2.41 bits per heavy atom. The monoisotopic (exact) mass is 831 g/mol. The van der Waals surface area contributed by atoms with E-state index in [1.807, 2.05) is 13.0 Å². The molecule has 1 aromatic carbocycles. The summed E-state index contributed by atoms with van der Waals surface area (Å²) in [5, 5.41) is 14.0. The molecule has 3 heterocycles. The number of halogens is 2. The first-order chi connectivity index (χ1) is 27.2. The molecule has 8 atom stereocenters. The van der Waals surface area contributed by atoms with Crippen molar-refractivity contribution in [2.45, 2.75) is 140 Å². The largest absolute Gasteiger partial charge is 0.492 e. The Kier molecular flexibility index (Phi) is 11.6. The number of pyridine rings is 1. The van der Waals surface area contributed by atoms with Crippen molar-refractivity contribution in [1.82, 2.24) is 24.8 Å². The first-order valence-electron chi connectivity index (χ1n) is 20.1. The van der Waals surface area contributed by atoms with Gasteiger partial charge in [-0.05, 0) is 90.5 Å². The molecule has 1 aromatic heterocycles. The molecule has 0 spiro atoms. The second-order valence-corrected chi connectivity index (χ2v) is 19.3. The number of rotatable bonds is 10. The van der Waals surface area contributed by atoms with Crippen molar-refractivity contribution in [2.75, 3.05) is 6.61 Å². The quantitative estimate of drug-likeness (QED) is 0.190. The molecular formula is C41H55F2N5O9S. The molecule has 2 aliphatic heterocycles. The fraction of sp³-hybridized carbons (Fsp3) is 0.634. The van der Waals surface area contributed by atoms with Crippen LogP contribution in [0.15, 0.2) is 42.6 Å². The summed E-state index contributed by atoms with van der Waals surface area (Å²) in [5.41, 5.74) is -4.46. The zero-order chi connectivity index (χ0) is 42.6. The lowest BCUT2D eigenvalue weighted by atomic mass is 9.86. The Bertz CT molecular complexity index is 2100. The molecule has 2 aliphatic carbocycles. The molecule has 3 N–H and O–H groups in total. The van der Waals surface area contributed by atoms with E-state index in [9.17, 15) is 27.9 Å². The number of nitrogens with one attached hydrogen (secondary N) is 2. The number of alkyl halides is 2. The maximum absolute atomic E-state index is 17.6. The van der Waals surface area contributed by atoms with Gasteiger partial charge in [0.2, 0.25) is 21.8 Å². The van der Waals surface area contributed by atoms with Crippen molar-refractivity contribution < 1.29 is 51.0 Å². The standard InChI is InChI=1S/C41H55F2N5O9S/c1-8-26(5)47(37(52)53)32-25(4)20-24(3)14-10-11-15-27-21-40(27,36(51)46-58(54,55)38(6)18-19-38)45-33(49)30-22-39(7,41(42,43)48(30)35(32)50)57-34-29-17-13-12-16-28(29)31(23-44-34)56-9-2/h11-13,15-17,23-27,30,32H,8-10,14,18-22H2,1-7H3,(H,45,49)(H,46,51)(H,52,53)/b15-11-/t24-,25-,26?,27-,30+,32+,39-,40-/m1/s1. The predicted octanol–water partition coefficient (Wildman–Crippen LogP) is 6.00. The molecule has 3 fully saturated rings. The van der Waals surface area contributed by atoms with Gasteiger partial charge in [0, 0.05) is 29.2 Å². The van der Waals surface area contributed by atoms with Crippen molar-refractivity contribution in [3.05, 3.63) is 42.6 Å². The first-order valence-corrected chi connectivity index (χ1v) is 21.6. The number of sulfonamides is 1. The number of carbonyl (C=O) groups is 4. The van der Waals surface area contributed by atoms with Crippen LogP contribution in [0.1, 0.15) is 99.8 Å². The van der Waals surface area contributed by atoms with Gasteiger partial charge in [-0.15, -0.1) is 0 Å². The van der Waals surface area contributed by atoms with Gasteiger partial charge in [0.1, 0.15) is 23.4 Å². The lowest BCUT2D eigenvalue weighted by Crippen LogP contribution is -2.64. The second kappa shape index (κ2) is 15.6. The van der Waals surface area contributed by atoms with Gasteiger partial charge in [-0.1, -0.05) is 51.1 Å². The topological polar surface area (TPSA) is 185 Å². The van der Waals surface area contributed by atoms with E-state index in [0.717, 1.165) is 11.8 Å². The highest BCUT2D eigenvalue weighted by Gasteiger charge is 2.71. The number of aromatic nitrogens is 1. The number of nitrogens with zero attached hydrogens (tertiary/aromatic N) is 3. The maximum Gasteiger partial charge on any atom is 0.408 e. The fourth-order valence-electron chi connectivity index (χ4n) is 8.49. The van der Waals surface area contributed by atoms with Crippen LogP contribution in [0, 0.1) is 17.8 Å². The fourth-order valence-corrected chi connectivity index (χ4v) is 9.80. The van der Waals surface area contributed by atoms with Crippen molar-refractivity contribution in [2.24, 2.45) is 17.8 Å². The maximum atomic E-state index is 17.6. The zero-order valence-electron chi connectivity index (χ0n) is 34.1. The molecular weight excluding hydrogens is 777 g/mol. The molecule has 2 aromatic rings. The zero-order valence-corrected chi connectivity index (χ0v) is 34.9. The van der Waals surface area contributed by atoms with Gasteiger partial charge >= 0.3 is 12.1 Å². The third kappa shape index (κ3) is 7.58.